The molecule has 2 aromatic rings. The van der Waals surface area contributed by atoms with Crippen LogP contribution in [0.3, 0.4) is 0 Å². The summed E-state index contributed by atoms with van der Waals surface area (Å²) in [5, 5.41) is 12.4. The largest absolute Gasteiger partial charge is 0.481 e. The van der Waals surface area contributed by atoms with E-state index in [4.69, 9.17) is 0 Å². The molecule has 104 valence electrons. The SMILES string of the molecule is CCc1cc(NCC(C(=O)O)c2ccccc2)ncn1. The lowest BCUT2D eigenvalue weighted by molar-refractivity contribution is -0.138. The van der Waals surface area contributed by atoms with Crippen LogP contribution in [0.15, 0.2) is 42.7 Å². The van der Waals surface area contributed by atoms with Gasteiger partial charge in [-0.1, -0.05) is 37.3 Å². The Morgan fingerprint density at radius 3 is 2.70 bits per heavy atom. The number of nitrogens with zero attached hydrogens (tertiary/aromatic N) is 2. The molecule has 1 aromatic carbocycles. The minimum Gasteiger partial charge on any atom is -0.481 e. The number of nitrogens with one attached hydrogen (secondary N) is 1. The first kappa shape index (κ1) is 14.0. The molecule has 0 aliphatic carbocycles. The topological polar surface area (TPSA) is 75.1 Å². The third kappa shape index (κ3) is 3.54. The van der Waals surface area contributed by atoms with Gasteiger partial charge in [-0.3, -0.25) is 4.79 Å². The number of benzene rings is 1. The van der Waals surface area contributed by atoms with Gasteiger partial charge in [0.2, 0.25) is 0 Å². The first-order chi connectivity index (χ1) is 9.70. The molecule has 0 amide bonds. The molecule has 0 fully saturated rings. The van der Waals surface area contributed by atoms with Crippen LogP contribution < -0.4 is 5.32 Å². The summed E-state index contributed by atoms with van der Waals surface area (Å²) in [5.74, 6) is -0.802. The number of aromatic nitrogens is 2. The van der Waals surface area contributed by atoms with E-state index in [0.29, 0.717) is 12.4 Å². The summed E-state index contributed by atoms with van der Waals surface area (Å²) >= 11 is 0. The summed E-state index contributed by atoms with van der Waals surface area (Å²) in [5.41, 5.74) is 1.70. The number of carboxylic acids is 1. The number of aryl methyl sites for hydroxylation is 1. The van der Waals surface area contributed by atoms with E-state index >= 15 is 0 Å². The molecule has 0 spiro atoms. The van der Waals surface area contributed by atoms with Crippen molar-refractivity contribution < 1.29 is 9.90 Å². The van der Waals surface area contributed by atoms with Gasteiger partial charge in [0.1, 0.15) is 12.1 Å². The summed E-state index contributed by atoms with van der Waals surface area (Å²) < 4.78 is 0. The molecule has 1 unspecified atom stereocenters. The second kappa shape index (κ2) is 6.65. The van der Waals surface area contributed by atoms with Gasteiger partial charge >= 0.3 is 5.97 Å². The van der Waals surface area contributed by atoms with E-state index in [1.54, 1.807) is 0 Å². The minimum absolute atomic E-state index is 0.291. The monoisotopic (exact) mass is 271 g/mol. The summed E-state index contributed by atoms with van der Waals surface area (Å²) in [4.78, 5) is 19.6. The van der Waals surface area contributed by atoms with Crippen molar-refractivity contribution in [1.29, 1.82) is 0 Å². The molecule has 5 heteroatoms. The number of anilines is 1. The van der Waals surface area contributed by atoms with Crippen LogP contribution in [0, 0.1) is 0 Å². The van der Waals surface area contributed by atoms with Crippen LogP contribution in [0.5, 0.6) is 0 Å². The molecule has 0 saturated heterocycles. The van der Waals surface area contributed by atoms with Crippen molar-refractivity contribution in [3.63, 3.8) is 0 Å². The van der Waals surface area contributed by atoms with Crippen molar-refractivity contribution in [1.82, 2.24) is 9.97 Å². The molecular formula is C15H17N3O2. The number of hydrogen-bond donors (Lipinski definition) is 2. The highest BCUT2D eigenvalue weighted by atomic mass is 16.4. The highest BCUT2D eigenvalue weighted by molar-refractivity contribution is 5.76. The highest BCUT2D eigenvalue weighted by Gasteiger charge is 2.19. The molecule has 0 aliphatic heterocycles. The van der Waals surface area contributed by atoms with Gasteiger partial charge in [-0.15, -0.1) is 0 Å². The van der Waals surface area contributed by atoms with E-state index < -0.39 is 11.9 Å². The summed E-state index contributed by atoms with van der Waals surface area (Å²) in [6.45, 7) is 2.30. The van der Waals surface area contributed by atoms with Crippen molar-refractivity contribution in [2.24, 2.45) is 0 Å². The number of rotatable bonds is 6. The Morgan fingerprint density at radius 1 is 1.30 bits per heavy atom. The van der Waals surface area contributed by atoms with Crippen LogP contribution in [0.25, 0.3) is 0 Å². The first-order valence-electron chi connectivity index (χ1n) is 6.53. The van der Waals surface area contributed by atoms with Gasteiger partial charge < -0.3 is 10.4 Å². The summed E-state index contributed by atoms with van der Waals surface area (Å²) in [6, 6.07) is 11.0. The Labute approximate surface area is 117 Å². The third-order valence-corrected chi connectivity index (χ3v) is 3.07. The van der Waals surface area contributed by atoms with Crippen LogP contribution in [-0.4, -0.2) is 27.6 Å². The lowest BCUT2D eigenvalue weighted by atomic mass is 9.99. The fourth-order valence-electron chi connectivity index (χ4n) is 1.93. The molecule has 0 saturated carbocycles. The molecule has 0 bridgehead atoms. The standard InChI is InChI=1S/C15H17N3O2/c1-2-12-8-14(18-10-17-12)16-9-13(15(19)20)11-6-4-3-5-7-11/h3-8,10,13H,2,9H2,1H3,(H,19,20)(H,16,17,18). The second-order valence-corrected chi connectivity index (χ2v) is 4.43. The van der Waals surface area contributed by atoms with E-state index in [9.17, 15) is 9.90 Å². The highest BCUT2D eigenvalue weighted by Crippen LogP contribution is 2.16. The Morgan fingerprint density at radius 2 is 2.05 bits per heavy atom. The minimum atomic E-state index is -0.853. The number of carbonyl (C=O) groups is 1. The lowest BCUT2D eigenvalue weighted by Crippen LogP contribution is -2.21. The smallest absolute Gasteiger partial charge is 0.312 e. The zero-order chi connectivity index (χ0) is 14.4. The average molecular weight is 271 g/mol. The number of carboxylic acid groups (broad SMARTS) is 1. The molecule has 1 atom stereocenters. The van der Waals surface area contributed by atoms with Gasteiger partial charge in [-0.05, 0) is 12.0 Å². The molecular weight excluding hydrogens is 254 g/mol. The molecule has 0 aliphatic rings. The van der Waals surface area contributed by atoms with Crippen LogP contribution in [0.1, 0.15) is 24.1 Å². The Kier molecular flexibility index (Phi) is 4.65. The third-order valence-electron chi connectivity index (χ3n) is 3.07. The van der Waals surface area contributed by atoms with E-state index in [1.165, 1.54) is 6.33 Å². The van der Waals surface area contributed by atoms with Crippen LogP contribution in [-0.2, 0) is 11.2 Å². The zero-order valence-electron chi connectivity index (χ0n) is 11.3. The summed E-state index contributed by atoms with van der Waals surface area (Å²) in [7, 11) is 0. The van der Waals surface area contributed by atoms with E-state index in [0.717, 1.165) is 17.7 Å². The van der Waals surface area contributed by atoms with Crippen molar-refractivity contribution in [2.45, 2.75) is 19.3 Å². The fourth-order valence-corrected chi connectivity index (χ4v) is 1.93. The predicted molar refractivity (Wildman–Crippen MR) is 76.7 cm³/mol. The molecule has 1 aromatic heterocycles. The van der Waals surface area contributed by atoms with Gasteiger partial charge in [0.15, 0.2) is 0 Å². The quantitative estimate of drug-likeness (QED) is 0.843. The van der Waals surface area contributed by atoms with Gasteiger partial charge in [-0.25, -0.2) is 9.97 Å². The molecule has 20 heavy (non-hydrogen) atoms. The second-order valence-electron chi connectivity index (χ2n) is 4.43. The van der Waals surface area contributed by atoms with Crippen molar-refractivity contribution in [2.75, 3.05) is 11.9 Å². The number of hydrogen-bond acceptors (Lipinski definition) is 4. The van der Waals surface area contributed by atoms with Gasteiger partial charge in [-0.2, -0.15) is 0 Å². The van der Waals surface area contributed by atoms with Crippen molar-refractivity contribution in [3.05, 3.63) is 54.0 Å². The molecule has 1 heterocycles. The predicted octanol–water partition coefficient (Wildman–Crippen LogP) is 2.32. The molecule has 2 rings (SSSR count). The molecule has 0 radical (unpaired) electrons. The summed E-state index contributed by atoms with van der Waals surface area (Å²) in [6.07, 6.45) is 2.30. The maximum atomic E-state index is 11.4. The maximum Gasteiger partial charge on any atom is 0.312 e. The maximum absolute atomic E-state index is 11.4. The van der Waals surface area contributed by atoms with Crippen molar-refractivity contribution in [3.8, 4) is 0 Å². The van der Waals surface area contributed by atoms with E-state index in [-0.39, 0.29) is 0 Å². The average Bonchev–Trinajstić information content (AvgIpc) is 2.48. The normalized spacial score (nSPS) is 11.8. The Hall–Kier alpha value is -2.43. The van der Waals surface area contributed by atoms with Crippen LogP contribution in [0.4, 0.5) is 5.82 Å². The van der Waals surface area contributed by atoms with Gasteiger partial charge in [0.25, 0.3) is 0 Å². The Balaban J connectivity index is 2.08. The molecule has 2 N–H and O–H groups in total. The lowest BCUT2D eigenvalue weighted by Gasteiger charge is -2.14. The van der Waals surface area contributed by atoms with Gasteiger partial charge in [0, 0.05) is 18.3 Å². The zero-order valence-corrected chi connectivity index (χ0v) is 11.3. The van der Waals surface area contributed by atoms with Crippen LogP contribution in [0.2, 0.25) is 0 Å². The Bertz CT molecular complexity index is 572. The van der Waals surface area contributed by atoms with Gasteiger partial charge in [0.05, 0.1) is 5.92 Å². The number of aliphatic carboxylic acids is 1. The van der Waals surface area contributed by atoms with Crippen molar-refractivity contribution >= 4 is 11.8 Å². The fraction of sp³-hybridized carbons (Fsp3) is 0.267. The van der Waals surface area contributed by atoms with Crippen LogP contribution >= 0.6 is 0 Å². The molecule has 5 nitrogen and oxygen atoms in total. The van der Waals surface area contributed by atoms with E-state index in [1.807, 2.05) is 43.3 Å². The first-order valence-corrected chi connectivity index (χ1v) is 6.53. The van der Waals surface area contributed by atoms with E-state index in [2.05, 4.69) is 15.3 Å².